The van der Waals surface area contributed by atoms with Gasteiger partial charge in [-0.2, -0.15) is 0 Å². The smallest absolute Gasteiger partial charge is 0.231 e. The van der Waals surface area contributed by atoms with Crippen molar-refractivity contribution in [3.8, 4) is 34.5 Å². The van der Waals surface area contributed by atoms with Gasteiger partial charge in [0.15, 0.2) is 11.5 Å². The van der Waals surface area contributed by atoms with Crippen LogP contribution in [0.4, 0.5) is 0 Å². The highest BCUT2D eigenvalue weighted by Crippen LogP contribution is 2.58. The molecule has 0 saturated carbocycles. The fourth-order valence-electron chi connectivity index (χ4n) is 4.22. The summed E-state index contributed by atoms with van der Waals surface area (Å²) >= 11 is 0. The number of benzene rings is 2. The highest BCUT2D eigenvalue weighted by molar-refractivity contribution is 5.73. The number of phenolic OH excluding ortho intramolecular Hbond substituents is 1. The summed E-state index contributed by atoms with van der Waals surface area (Å²) in [5.41, 5.74) is 1.91. The first-order valence-electron chi connectivity index (χ1n) is 9.01. The third kappa shape index (κ3) is 2.01. The Hall–Kier alpha value is -3.02. The summed E-state index contributed by atoms with van der Waals surface area (Å²) in [5, 5.41) is 11.0. The number of fused-ring (bicyclic) bond motifs is 7. The second kappa shape index (κ2) is 4.82. The van der Waals surface area contributed by atoms with Crippen LogP contribution in [0.3, 0.4) is 0 Å². The van der Waals surface area contributed by atoms with Crippen molar-refractivity contribution in [2.24, 2.45) is 0 Å². The first-order valence-corrected chi connectivity index (χ1v) is 9.01. The molecule has 27 heavy (non-hydrogen) atoms. The van der Waals surface area contributed by atoms with Crippen LogP contribution in [-0.2, 0) is 0 Å². The number of hydrogen-bond acceptors (Lipinski definition) is 6. The Morgan fingerprint density at radius 1 is 0.963 bits per heavy atom. The highest BCUT2D eigenvalue weighted by Gasteiger charge is 2.45. The van der Waals surface area contributed by atoms with Crippen LogP contribution in [0.25, 0.3) is 6.08 Å². The van der Waals surface area contributed by atoms with Crippen LogP contribution >= 0.6 is 0 Å². The molecule has 0 spiro atoms. The van der Waals surface area contributed by atoms with Gasteiger partial charge >= 0.3 is 0 Å². The van der Waals surface area contributed by atoms with E-state index in [2.05, 4.69) is 0 Å². The average Bonchev–Trinajstić information content (AvgIpc) is 3.21. The molecule has 4 aliphatic heterocycles. The minimum Gasteiger partial charge on any atom is -0.507 e. The predicted octanol–water partition coefficient (Wildman–Crippen LogP) is 3.91. The Morgan fingerprint density at radius 2 is 1.74 bits per heavy atom. The summed E-state index contributed by atoms with van der Waals surface area (Å²) in [7, 11) is 0. The van der Waals surface area contributed by atoms with Crippen molar-refractivity contribution in [2.45, 2.75) is 31.5 Å². The van der Waals surface area contributed by atoms with E-state index in [0.717, 1.165) is 17.1 Å². The van der Waals surface area contributed by atoms with E-state index in [9.17, 15) is 5.11 Å². The van der Waals surface area contributed by atoms with Gasteiger partial charge in [0.2, 0.25) is 6.79 Å². The topological polar surface area (TPSA) is 66.4 Å². The van der Waals surface area contributed by atoms with Gasteiger partial charge in [-0.05, 0) is 32.1 Å². The molecule has 0 bridgehead atoms. The van der Waals surface area contributed by atoms with E-state index < -0.39 is 5.60 Å². The molecule has 2 aromatic carbocycles. The lowest BCUT2D eigenvalue weighted by Crippen LogP contribution is -2.28. The van der Waals surface area contributed by atoms with Crippen LogP contribution < -0.4 is 23.7 Å². The van der Waals surface area contributed by atoms with E-state index in [-0.39, 0.29) is 24.6 Å². The normalized spacial score (nSPS) is 24.7. The predicted molar refractivity (Wildman–Crippen MR) is 96.0 cm³/mol. The second-order valence-corrected chi connectivity index (χ2v) is 7.79. The van der Waals surface area contributed by atoms with Gasteiger partial charge in [0.25, 0.3) is 0 Å². The maximum absolute atomic E-state index is 11.0. The summed E-state index contributed by atoms with van der Waals surface area (Å²) in [6, 6.07) is 5.67. The maximum atomic E-state index is 11.0. The molecule has 0 aliphatic carbocycles. The summed E-state index contributed by atoms with van der Waals surface area (Å²) in [4.78, 5) is 0. The van der Waals surface area contributed by atoms with Crippen LogP contribution in [0.1, 0.15) is 42.6 Å². The molecule has 2 aromatic rings. The molecule has 0 fully saturated rings. The van der Waals surface area contributed by atoms with Crippen molar-refractivity contribution in [3.05, 3.63) is 41.0 Å². The van der Waals surface area contributed by atoms with Gasteiger partial charge in [0.1, 0.15) is 34.7 Å². The first kappa shape index (κ1) is 15.1. The van der Waals surface area contributed by atoms with Crippen molar-refractivity contribution in [2.75, 3.05) is 13.4 Å². The molecule has 138 valence electrons. The van der Waals surface area contributed by atoms with E-state index in [1.807, 2.05) is 44.2 Å². The average molecular weight is 366 g/mol. The molecule has 6 heteroatoms. The molecule has 0 saturated heterocycles. The molecule has 0 aromatic heterocycles. The quantitative estimate of drug-likeness (QED) is 0.762. The van der Waals surface area contributed by atoms with Gasteiger partial charge < -0.3 is 28.8 Å². The molecule has 4 heterocycles. The van der Waals surface area contributed by atoms with E-state index in [4.69, 9.17) is 23.7 Å². The Kier molecular flexibility index (Phi) is 2.69. The molecule has 0 radical (unpaired) electrons. The molecule has 2 atom stereocenters. The van der Waals surface area contributed by atoms with Crippen molar-refractivity contribution < 1.29 is 28.8 Å². The van der Waals surface area contributed by atoms with Gasteiger partial charge in [-0.25, -0.2) is 0 Å². The summed E-state index contributed by atoms with van der Waals surface area (Å²) < 4.78 is 29.2. The van der Waals surface area contributed by atoms with Gasteiger partial charge in [-0.1, -0.05) is 0 Å². The van der Waals surface area contributed by atoms with Gasteiger partial charge in [0.05, 0.1) is 23.7 Å². The van der Waals surface area contributed by atoms with Gasteiger partial charge in [-0.15, -0.1) is 0 Å². The standard InChI is InChI=1S/C21H18O6/c1-21(2)4-3-10-14(27-21)7-17-18(19(10)22)20-12(8-23-17)11-5-15-16(25-9-24-15)6-13(11)26-20/h3-7,12,20,22H,8-9H2,1-2H3/t12-,20+/m1/s1. The zero-order chi connectivity index (χ0) is 18.3. The third-order valence-corrected chi connectivity index (χ3v) is 5.55. The Bertz CT molecular complexity index is 1020. The SMILES string of the molecule is CC1(C)C=Cc2c(cc3c(c2O)[C@H]2Oc4cc5c(cc4[C@H]2CO3)OCO5)O1. The first-order chi connectivity index (χ1) is 13.0. The molecule has 6 nitrogen and oxygen atoms in total. The summed E-state index contributed by atoms with van der Waals surface area (Å²) in [5.74, 6) is 3.50. The zero-order valence-corrected chi connectivity index (χ0v) is 14.9. The van der Waals surface area contributed by atoms with Crippen molar-refractivity contribution in [1.29, 1.82) is 0 Å². The van der Waals surface area contributed by atoms with Crippen LogP contribution in [-0.4, -0.2) is 24.1 Å². The lowest BCUT2D eigenvalue weighted by Gasteiger charge is -2.33. The van der Waals surface area contributed by atoms with Crippen molar-refractivity contribution >= 4 is 6.08 Å². The molecular weight excluding hydrogens is 348 g/mol. The fourth-order valence-corrected chi connectivity index (χ4v) is 4.22. The Labute approximate surface area is 155 Å². The zero-order valence-electron chi connectivity index (χ0n) is 14.9. The molecule has 1 N–H and O–H groups in total. The monoisotopic (exact) mass is 366 g/mol. The minimum atomic E-state index is -0.425. The minimum absolute atomic E-state index is 0.0177. The largest absolute Gasteiger partial charge is 0.507 e. The van der Waals surface area contributed by atoms with Gasteiger partial charge in [0, 0.05) is 17.7 Å². The summed E-state index contributed by atoms with van der Waals surface area (Å²) in [6.45, 7) is 4.63. The number of ether oxygens (including phenoxy) is 5. The second-order valence-electron chi connectivity index (χ2n) is 7.79. The lowest BCUT2D eigenvalue weighted by molar-refractivity contribution is 0.130. The number of phenols is 1. The van der Waals surface area contributed by atoms with Crippen LogP contribution in [0.5, 0.6) is 34.5 Å². The van der Waals surface area contributed by atoms with Crippen LogP contribution in [0.15, 0.2) is 24.3 Å². The Morgan fingerprint density at radius 3 is 2.59 bits per heavy atom. The van der Waals surface area contributed by atoms with Gasteiger partial charge in [-0.3, -0.25) is 0 Å². The molecule has 4 aliphatic rings. The molecule has 0 unspecified atom stereocenters. The lowest BCUT2D eigenvalue weighted by atomic mass is 9.87. The van der Waals surface area contributed by atoms with Crippen molar-refractivity contribution in [1.82, 2.24) is 0 Å². The fraction of sp³-hybridized carbons (Fsp3) is 0.333. The number of rotatable bonds is 0. The number of aromatic hydroxyl groups is 1. The summed E-state index contributed by atoms with van der Waals surface area (Å²) in [6.07, 6.45) is 3.52. The molecule has 6 rings (SSSR count). The van der Waals surface area contributed by atoms with Crippen LogP contribution in [0, 0.1) is 0 Å². The number of hydrogen-bond donors (Lipinski definition) is 1. The van der Waals surface area contributed by atoms with Crippen molar-refractivity contribution in [3.63, 3.8) is 0 Å². The van der Waals surface area contributed by atoms with E-state index in [1.54, 1.807) is 0 Å². The maximum Gasteiger partial charge on any atom is 0.231 e. The van der Waals surface area contributed by atoms with E-state index in [1.165, 1.54) is 0 Å². The molecule has 0 amide bonds. The Balaban J connectivity index is 1.47. The van der Waals surface area contributed by atoms with E-state index in [0.29, 0.717) is 35.0 Å². The molecular formula is C21H18O6. The highest BCUT2D eigenvalue weighted by atomic mass is 16.7. The third-order valence-electron chi connectivity index (χ3n) is 5.55. The van der Waals surface area contributed by atoms with Crippen LogP contribution in [0.2, 0.25) is 0 Å². The van der Waals surface area contributed by atoms with E-state index >= 15 is 0 Å².